The van der Waals surface area contributed by atoms with E-state index in [1.54, 1.807) is 0 Å². The summed E-state index contributed by atoms with van der Waals surface area (Å²) < 4.78 is 13.2. The lowest BCUT2D eigenvalue weighted by Gasteiger charge is -2.32. The van der Waals surface area contributed by atoms with Gasteiger partial charge < -0.3 is 15.5 Å². The molecule has 4 rings (SSSR count). The van der Waals surface area contributed by atoms with Crippen LogP contribution in [0.15, 0.2) is 18.2 Å². The van der Waals surface area contributed by atoms with Gasteiger partial charge in [-0.1, -0.05) is 11.6 Å². The molecule has 2 saturated heterocycles. The van der Waals surface area contributed by atoms with Crippen molar-refractivity contribution in [2.75, 3.05) is 31.5 Å². The summed E-state index contributed by atoms with van der Waals surface area (Å²) in [5.74, 6) is -0.267. The van der Waals surface area contributed by atoms with Crippen LogP contribution in [0.25, 0.3) is 0 Å². The summed E-state index contributed by atoms with van der Waals surface area (Å²) in [7, 11) is 0. The minimum atomic E-state index is -0.506. The highest BCUT2D eigenvalue weighted by Crippen LogP contribution is 2.59. The Hall–Kier alpha value is -1.37. The average Bonchev–Trinajstić information content (AvgIpc) is 3.37. The van der Waals surface area contributed by atoms with Gasteiger partial charge in [0.05, 0.1) is 5.02 Å². The van der Waals surface area contributed by atoms with Gasteiger partial charge in [-0.05, 0) is 68.8 Å². The third-order valence-corrected chi connectivity index (χ3v) is 6.74. The predicted octanol–water partition coefficient (Wildman–Crippen LogP) is 3.47. The van der Waals surface area contributed by atoms with Crippen LogP contribution in [0.2, 0.25) is 5.02 Å². The summed E-state index contributed by atoms with van der Waals surface area (Å²) in [6.07, 6.45) is 4.55. The van der Waals surface area contributed by atoms with Crippen molar-refractivity contribution in [2.24, 2.45) is 17.3 Å². The lowest BCUT2D eigenvalue weighted by molar-refractivity contribution is -0.136. The highest BCUT2D eigenvalue weighted by Gasteiger charge is 2.58. The summed E-state index contributed by atoms with van der Waals surface area (Å²) in [5.41, 5.74) is 0.744. The summed E-state index contributed by atoms with van der Waals surface area (Å²) in [5, 5.41) is 6.16. The number of nitrogens with zero attached hydrogens (tertiary/aromatic N) is 1. The number of carbonyl (C=O) groups is 2. The number of carbonyl (C=O) groups excluding carboxylic acids is 2. The van der Waals surface area contributed by atoms with Crippen molar-refractivity contribution < 1.29 is 14.0 Å². The van der Waals surface area contributed by atoms with Crippen LogP contribution in [0.3, 0.4) is 0 Å². The topological polar surface area (TPSA) is 61.4 Å². The molecule has 2 heterocycles. The van der Waals surface area contributed by atoms with Gasteiger partial charge in [0.15, 0.2) is 0 Å². The Balaban J connectivity index is 0.00000225. The highest BCUT2D eigenvalue weighted by molar-refractivity contribution is 6.31. The van der Waals surface area contributed by atoms with E-state index in [4.69, 9.17) is 11.6 Å². The summed E-state index contributed by atoms with van der Waals surface area (Å²) in [6.45, 7) is 3.29. The fraction of sp³-hybridized carbons (Fsp3) is 0.600. The molecule has 5 nitrogen and oxygen atoms in total. The van der Waals surface area contributed by atoms with Crippen LogP contribution in [-0.4, -0.2) is 42.9 Å². The summed E-state index contributed by atoms with van der Waals surface area (Å²) in [6, 6.07) is 4.16. The van der Waals surface area contributed by atoms with Crippen molar-refractivity contribution in [1.82, 2.24) is 10.2 Å². The Kier molecular flexibility index (Phi) is 6.52. The van der Waals surface area contributed by atoms with Crippen LogP contribution >= 0.6 is 24.0 Å². The predicted molar refractivity (Wildman–Crippen MR) is 109 cm³/mol. The molecule has 3 fully saturated rings. The average molecular weight is 430 g/mol. The molecule has 1 unspecified atom stereocenters. The van der Waals surface area contributed by atoms with Crippen molar-refractivity contribution in [1.29, 1.82) is 0 Å². The second-order valence-electron chi connectivity index (χ2n) is 8.09. The number of hydrogen-bond donors (Lipinski definition) is 2. The van der Waals surface area contributed by atoms with E-state index in [1.807, 2.05) is 4.90 Å². The molecule has 0 bridgehead atoms. The minimum Gasteiger partial charge on any atom is -0.342 e. The molecule has 0 aromatic heterocycles. The van der Waals surface area contributed by atoms with Gasteiger partial charge in [-0.15, -0.1) is 12.4 Å². The van der Waals surface area contributed by atoms with Crippen LogP contribution in [0.4, 0.5) is 10.1 Å². The Bertz CT molecular complexity index is 747. The quantitative estimate of drug-likeness (QED) is 0.772. The van der Waals surface area contributed by atoms with E-state index in [2.05, 4.69) is 10.6 Å². The number of hydrogen-bond acceptors (Lipinski definition) is 3. The molecule has 1 saturated carbocycles. The molecule has 8 heteroatoms. The maximum Gasteiger partial charge on any atom is 0.227 e. The van der Waals surface area contributed by atoms with E-state index >= 15 is 0 Å². The van der Waals surface area contributed by atoms with Crippen molar-refractivity contribution in [2.45, 2.75) is 32.1 Å². The number of likely N-dealkylation sites (tertiary alicyclic amines) is 1. The SMILES string of the molecule is Cl.O=C(Nc1ccc(F)c(Cl)c1)C1CCN(C(=O)C2CC23CCNCC3)CC1. The molecular weight excluding hydrogens is 404 g/mol. The number of piperidine rings is 2. The molecule has 1 spiro atoms. The first-order chi connectivity index (χ1) is 13.0. The van der Waals surface area contributed by atoms with E-state index in [0.717, 1.165) is 32.4 Å². The van der Waals surface area contributed by atoms with Crippen molar-refractivity contribution in [3.8, 4) is 0 Å². The zero-order valence-corrected chi connectivity index (χ0v) is 17.3. The van der Waals surface area contributed by atoms with E-state index in [1.165, 1.54) is 18.2 Å². The normalized spacial score (nSPS) is 23.8. The maximum atomic E-state index is 13.2. The molecule has 3 aliphatic rings. The smallest absolute Gasteiger partial charge is 0.227 e. The van der Waals surface area contributed by atoms with Gasteiger partial charge in [-0.2, -0.15) is 0 Å². The molecular formula is C20H26Cl2FN3O2. The lowest BCUT2D eigenvalue weighted by atomic mass is 9.90. The summed E-state index contributed by atoms with van der Waals surface area (Å²) in [4.78, 5) is 27.2. The largest absolute Gasteiger partial charge is 0.342 e. The van der Waals surface area contributed by atoms with Gasteiger partial charge in [0, 0.05) is 30.6 Å². The first-order valence-electron chi connectivity index (χ1n) is 9.74. The Labute approximate surface area is 175 Å². The highest BCUT2D eigenvalue weighted by atomic mass is 35.5. The van der Waals surface area contributed by atoms with Crippen molar-refractivity contribution >= 4 is 41.5 Å². The molecule has 2 aliphatic heterocycles. The van der Waals surface area contributed by atoms with Gasteiger partial charge in [-0.25, -0.2) is 4.39 Å². The Morgan fingerprint density at radius 3 is 2.54 bits per heavy atom. The molecule has 2 N–H and O–H groups in total. The third-order valence-electron chi connectivity index (χ3n) is 6.45. The molecule has 1 aliphatic carbocycles. The van der Waals surface area contributed by atoms with Gasteiger partial charge in [-0.3, -0.25) is 9.59 Å². The van der Waals surface area contributed by atoms with Gasteiger partial charge >= 0.3 is 0 Å². The lowest BCUT2D eigenvalue weighted by Crippen LogP contribution is -2.43. The minimum absolute atomic E-state index is 0. The van der Waals surface area contributed by atoms with E-state index in [0.29, 0.717) is 31.6 Å². The van der Waals surface area contributed by atoms with Crippen molar-refractivity contribution in [3.63, 3.8) is 0 Å². The standard InChI is InChI=1S/C20H25ClFN3O2.ClH/c21-16-11-14(1-2-17(16)22)24-18(26)13-3-9-25(10-4-13)19(27)15-12-20(15)5-7-23-8-6-20;/h1-2,11,13,15,23H,3-10,12H2,(H,24,26);1H. The number of anilines is 1. The van der Waals surface area contributed by atoms with Crippen LogP contribution in [0.5, 0.6) is 0 Å². The number of amides is 2. The van der Waals surface area contributed by atoms with Gasteiger partial charge in [0.25, 0.3) is 0 Å². The second kappa shape index (κ2) is 8.56. The molecule has 1 aromatic carbocycles. The number of rotatable bonds is 3. The first kappa shape index (κ1) is 21.3. The Morgan fingerprint density at radius 1 is 1.21 bits per heavy atom. The third kappa shape index (κ3) is 4.29. The van der Waals surface area contributed by atoms with Crippen LogP contribution in [0, 0.1) is 23.1 Å². The van der Waals surface area contributed by atoms with Crippen LogP contribution in [-0.2, 0) is 9.59 Å². The van der Waals surface area contributed by atoms with Gasteiger partial charge in [0.2, 0.25) is 11.8 Å². The molecule has 154 valence electrons. The fourth-order valence-electron chi connectivity index (χ4n) is 4.57. The van der Waals surface area contributed by atoms with E-state index < -0.39 is 5.82 Å². The first-order valence-corrected chi connectivity index (χ1v) is 10.1. The van der Waals surface area contributed by atoms with Crippen LogP contribution < -0.4 is 10.6 Å². The Morgan fingerprint density at radius 2 is 1.89 bits per heavy atom. The molecule has 28 heavy (non-hydrogen) atoms. The zero-order valence-electron chi connectivity index (χ0n) is 15.7. The molecule has 1 aromatic rings. The van der Waals surface area contributed by atoms with Crippen molar-refractivity contribution in [3.05, 3.63) is 29.0 Å². The second-order valence-corrected chi connectivity index (χ2v) is 8.49. The molecule has 2 amide bonds. The van der Waals surface area contributed by atoms with Crippen LogP contribution in [0.1, 0.15) is 32.1 Å². The van der Waals surface area contributed by atoms with E-state index in [9.17, 15) is 14.0 Å². The molecule has 0 radical (unpaired) electrons. The fourth-order valence-corrected chi connectivity index (χ4v) is 4.76. The van der Waals surface area contributed by atoms with Gasteiger partial charge in [0.1, 0.15) is 5.82 Å². The molecule has 1 atom stereocenters. The maximum absolute atomic E-state index is 13.2. The monoisotopic (exact) mass is 429 g/mol. The number of halogens is 3. The number of benzene rings is 1. The number of nitrogens with one attached hydrogen (secondary N) is 2. The summed E-state index contributed by atoms with van der Waals surface area (Å²) >= 11 is 5.76. The zero-order chi connectivity index (χ0) is 19.0. The van der Waals surface area contributed by atoms with E-state index in [-0.39, 0.29) is 46.5 Å².